The molecule has 0 radical (unpaired) electrons. The molecule has 98 valence electrons. The largest absolute Gasteiger partial charge is 0.497 e. The fourth-order valence-electron chi connectivity index (χ4n) is 1.75. The molecule has 2 aromatic rings. The third-order valence-corrected chi connectivity index (χ3v) is 2.76. The number of carbonyl (C=O) groups is 1. The number of ketones is 1. The Hall–Kier alpha value is -2.36. The second kappa shape index (κ2) is 5.52. The molecule has 0 fully saturated rings. The molecule has 0 bridgehead atoms. The molecule has 2 aromatic carbocycles. The second-order valence-corrected chi connectivity index (χ2v) is 3.90. The van der Waals surface area contributed by atoms with Crippen LogP contribution in [0.4, 0.5) is 4.39 Å². The van der Waals surface area contributed by atoms with Crippen molar-refractivity contribution in [1.82, 2.24) is 0 Å². The zero-order valence-corrected chi connectivity index (χ0v) is 10.6. The Balaban J connectivity index is 2.44. The molecule has 0 aliphatic rings. The van der Waals surface area contributed by atoms with Gasteiger partial charge in [0.25, 0.3) is 0 Å². The molecule has 0 aliphatic carbocycles. The van der Waals surface area contributed by atoms with Crippen LogP contribution >= 0.6 is 0 Å². The van der Waals surface area contributed by atoms with Crippen molar-refractivity contribution in [2.75, 3.05) is 14.2 Å². The summed E-state index contributed by atoms with van der Waals surface area (Å²) in [6, 6.07) is 10.4. The number of carbonyl (C=O) groups excluding carboxylic acids is 1. The smallest absolute Gasteiger partial charge is 0.196 e. The molecule has 0 saturated heterocycles. The maximum atomic E-state index is 12.9. The monoisotopic (exact) mass is 260 g/mol. The Bertz CT molecular complexity index is 591. The number of ether oxygens (including phenoxy) is 2. The van der Waals surface area contributed by atoms with Crippen molar-refractivity contribution in [1.29, 1.82) is 0 Å². The lowest BCUT2D eigenvalue weighted by Gasteiger charge is -2.09. The molecule has 0 aromatic heterocycles. The highest BCUT2D eigenvalue weighted by atomic mass is 19.1. The Morgan fingerprint density at radius 3 is 2.26 bits per heavy atom. The Morgan fingerprint density at radius 2 is 1.68 bits per heavy atom. The number of hydrogen-bond donors (Lipinski definition) is 0. The Morgan fingerprint density at radius 1 is 1.00 bits per heavy atom. The SMILES string of the molecule is COc1ccc(OC)c(C(=O)c2ccc(F)cc2)c1. The molecule has 0 aliphatic heterocycles. The van der Waals surface area contributed by atoms with E-state index in [-0.39, 0.29) is 11.6 Å². The highest BCUT2D eigenvalue weighted by molar-refractivity contribution is 6.10. The fraction of sp³-hybridized carbons (Fsp3) is 0.133. The average Bonchev–Trinajstić information content (AvgIpc) is 2.46. The normalized spacial score (nSPS) is 10.1. The van der Waals surface area contributed by atoms with Crippen LogP contribution in [-0.4, -0.2) is 20.0 Å². The molecule has 0 unspecified atom stereocenters. The van der Waals surface area contributed by atoms with Gasteiger partial charge in [0.05, 0.1) is 19.8 Å². The van der Waals surface area contributed by atoms with E-state index in [4.69, 9.17) is 9.47 Å². The zero-order valence-electron chi connectivity index (χ0n) is 10.6. The van der Waals surface area contributed by atoms with E-state index in [0.29, 0.717) is 22.6 Å². The summed E-state index contributed by atoms with van der Waals surface area (Å²) in [5.74, 6) is 0.395. The van der Waals surface area contributed by atoms with Gasteiger partial charge in [-0.3, -0.25) is 4.79 Å². The second-order valence-electron chi connectivity index (χ2n) is 3.90. The van der Waals surface area contributed by atoms with E-state index in [1.807, 2.05) is 0 Å². The van der Waals surface area contributed by atoms with Crippen molar-refractivity contribution in [3.8, 4) is 11.5 Å². The number of methoxy groups -OCH3 is 2. The summed E-state index contributed by atoms with van der Waals surface area (Å²) in [6.07, 6.45) is 0. The summed E-state index contributed by atoms with van der Waals surface area (Å²) < 4.78 is 23.1. The molecule has 0 atom stereocenters. The van der Waals surface area contributed by atoms with Gasteiger partial charge in [0.2, 0.25) is 0 Å². The standard InChI is InChI=1S/C15H13FO3/c1-18-12-7-8-14(19-2)13(9-12)15(17)10-3-5-11(16)6-4-10/h3-9H,1-2H3. The first kappa shape index (κ1) is 13.1. The van der Waals surface area contributed by atoms with Crippen LogP contribution in [0.5, 0.6) is 11.5 Å². The summed E-state index contributed by atoms with van der Waals surface area (Å²) in [6.45, 7) is 0. The summed E-state index contributed by atoms with van der Waals surface area (Å²) in [4.78, 5) is 12.3. The quantitative estimate of drug-likeness (QED) is 0.792. The molecule has 0 N–H and O–H groups in total. The minimum atomic E-state index is -0.380. The maximum absolute atomic E-state index is 12.9. The molecule has 2 rings (SSSR count). The van der Waals surface area contributed by atoms with E-state index >= 15 is 0 Å². The van der Waals surface area contributed by atoms with E-state index in [9.17, 15) is 9.18 Å². The van der Waals surface area contributed by atoms with Gasteiger partial charge in [0.1, 0.15) is 17.3 Å². The van der Waals surface area contributed by atoms with Crippen molar-refractivity contribution in [2.45, 2.75) is 0 Å². The summed E-state index contributed by atoms with van der Waals surface area (Å²) in [5.41, 5.74) is 0.779. The van der Waals surface area contributed by atoms with Gasteiger partial charge >= 0.3 is 0 Å². The highest BCUT2D eigenvalue weighted by Gasteiger charge is 2.15. The molecule has 0 amide bonds. The molecule has 0 saturated carbocycles. The van der Waals surface area contributed by atoms with E-state index in [2.05, 4.69) is 0 Å². The van der Waals surface area contributed by atoms with Crippen LogP contribution in [0.15, 0.2) is 42.5 Å². The lowest BCUT2D eigenvalue weighted by Crippen LogP contribution is -2.04. The lowest BCUT2D eigenvalue weighted by molar-refractivity contribution is 0.103. The third-order valence-electron chi connectivity index (χ3n) is 2.76. The van der Waals surface area contributed by atoms with E-state index < -0.39 is 0 Å². The van der Waals surface area contributed by atoms with Crippen LogP contribution in [0, 0.1) is 5.82 Å². The molecule has 0 heterocycles. The van der Waals surface area contributed by atoms with Crippen molar-refractivity contribution in [3.05, 3.63) is 59.4 Å². The first-order chi connectivity index (χ1) is 9.15. The number of benzene rings is 2. The van der Waals surface area contributed by atoms with Crippen LogP contribution in [0.3, 0.4) is 0 Å². The van der Waals surface area contributed by atoms with Gasteiger partial charge in [-0.15, -0.1) is 0 Å². The predicted octanol–water partition coefficient (Wildman–Crippen LogP) is 3.07. The molecule has 3 nitrogen and oxygen atoms in total. The van der Waals surface area contributed by atoms with Crippen molar-refractivity contribution in [2.24, 2.45) is 0 Å². The predicted molar refractivity (Wildman–Crippen MR) is 69.4 cm³/mol. The highest BCUT2D eigenvalue weighted by Crippen LogP contribution is 2.26. The van der Waals surface area contributed by atoms with Gasteiger partial charge < -0.3 is 9.47 Å². The number of hydrogen-bond acceptors (Lipinski definition) is 3. The van der Waals surface area contributed by atoms with E-state index in [0.717, 1.165) is 0 Å². The summed E-state index contributed by atoms with van der Waals surface area (Å²) in [7, 11) is 3.01. The first-order valence-corrected chi connectivity index (χ1v) is 5.68. The summed E-state index contributed by atoms with van der Waals surface area (Å²) in [5, 5.41) is 0. The molecular weight excluding hydrogens is 247 g/mol. The number of rotatable bonds is 4. The van der Waals surface area contributed by atoms with Gasteiger partial charge in [-0.05, 0) is 42.5 Å². The zero-order chi connectivity index (χ0) is 13.8. The van der Waals surface area contributed by atoms with Gasteiger partial charge in [0, 0.05) is 5.56 Å². The molecule has 4 heteroatoms. The molecule has 0 spiro atoms. The third kappa shape index (κ3) is 2.73. The van der Waals surface area contributed by atoms with Gasteiger partial charge in [-0.1, -0.05) is 0 Å². The Kier molecular flexibility index (Phi) is 3.80. The molecular formula is C15H13FO3. The van der Waals surface area contributed by atoms with Crippen LogP contribution in [0.25, 0.3) is 0 Å². The van der Waals surface area contributed by atoms with Crippen LogP contribution in [-0.2, 0) is 0 Å². The minimum absolute atomic E-state index is 0.240. The van der Waals surface area contributed by atoms with Gasteiger partial charge in [0.15, 0.2) is 5.78 Å². The van der Waals surface area contributed by atoms with E-state index in [1.54, 1.807) is 18.2 Å². The topological polar surface area (TPSA) is 35.5 Å². The van der Waals surface area contributed by atoms with Crippen LogP contribution in [0.2, 0.25) is 0 Å². The van der Waals surface area contributed by atoms with Crippen molar-refractivity contribution >= 4 is 5.78 Å². The van der Waals surface area contributed by atoms with Crippen LogP contribution < -0.4 is 9.47 Å². The lowest BCUT2D eigenvalue weighted by atomic mass is 10.0. The van der Waals surface area contributed by atoms with Gasteiger partial charge in [-0.25, -0.2) is 4.39 Å². The van der Waals surface area contributed by atoms with Crippen molar-refractivity contribution < 1.29 is 18.7 Å². The summed E-state index contributed by atoms with van der Waals surface area (Å²) >= 11 is 0. The Labute approximate surface area is 110 Å². The number of halogens is 1. The molecule has 19 heavy (non-hydrogen) atoms. The maximum Gasteiger partial charge on any atom is 0.196 e. The fourth-order valence-corrected chi connectivity index (χ4v) is 1.75. The minimum Gasteiger partial charge on any atom is -0.497 e. The first-order valence-electron chi connectivity index (χ1n) is 5.68. The van der Waals surface area contributed by atoms with Crippen LogP contribution in [0.1, 0.15) is 15.9 Å². The van der Waals surface area contributed by atoms with Crippen molar-refractivity contribution in [3.63, 3.8) is 0 Å². The van der Waals surface area contributed by atoms with Gasteiger partial charge in [-0.2, -0.15) is 0 Å². The average molecular weight is 260 g/mol. The van der Waals surface area contributed by atoms with E-state index in [1.165, 1.54) is 38.5 Å².